The van der Waals surface area contributed by atoms with Crippen molar-refractivity contribution in [2.75, 3.05) is 17.2 Å². The molecule has 0 saturated carbocycles. The molecule has 29 heavy (non-hydrogen) atoms. The number of hydrogen-bond acceptors (Lipinski definition) is 3. The lowest BCUT2D eigenvalue weighted by atomic mass is 10.1. The zero-order chi connectivity index (χ0) is 20.8. The average molecular weight is 388 g/mol. The summed E-state index contributed by atoms with van der Waals surface area (Å²) in [6, 6.07) is 19.6. The van der Waals surface area contributed by atoms with Crippen molar-refractivity contribution in [1.29, 1.82) is 0 Å². The first-order valence-corrected chi connectivity index (χ1v) is 9.48. The molecule has 3 rings (SSSR count). The molecule has 0 heterocycles. The van der Waals surface area contributed by atoms with Gasteiger partial charge >= 0.3 is 0 Å². The molecule has 0 radical (unpaired) electrons. The van der Waals surface area contributed by atoms with Gasteiger partial charge < -0.3 is 15.4 Å². The number of amides is 2. The second kappa shape index (κ2) is 9.06. The van der Waals surface area contributed by atoms with E-state index in [0.29, 0.717) is 23.4 Å². The number of anilines is 2. The summed E-state index contributed by atoms with van der Waals surface area (Å²) in [5.74, 6) is 0.300. The van der Waals surface area contributed by atoms with Crippen LogP contribution >= 0.6 is 0 Å². The van der Waals surface area contributed by atoms with Crippen molar-refractivity contribution in [3.8, 4) is 5.75 Å². The van der Waals surface area contributed by atoms with E-state index in [1.165, 1.54) is 0 Å². The van der Waals surface area contributed by atoms with Crippen LogP contribution in [0.25, 0.3) is 0 Å². The second-order valence-corrected chi connectivity index (χ2v) is 6.82. The second-order valence-electron chi connectivity index (χ2n) is 6.82. The van der Waals surface area contributed by atoms with Crippen LogP contribution in [0.1, 0.15) is 38.8 Å². The average Bonchev–Trinajstić information content (AvgIpc) is 2.69. The van der Waals surface area contributed by atoms with E-state index in [1.807, 2.05) is 39.0 Å². The highest BCUT2D eigenvalue weighted by Crippen LogP contribution is 2.18. The lowest BCUT2D eigenvalue weighted by Gasteiger charge is -2.09. The largest absolute Gasteiger partial charge is 0.494 e. The molecule has 0 bridgehead atoms. The van der Waals surface area contributed by atoms with Crippen molar-refractivity contribution in [3.63, 3.8) is 0 Å². The lowest BCUT2D eigenvalue weighted by molar-refractivity contribution is 0.101. The standard InChI is InChI=1S/C24H24N2O3/c1-4-29-22-11-9-20(10-12-22)25-23(27)18-5-7-19(8-6-18)24(28)26-21-14-16(2)13-17(3)15-21/h5-15H,4H2,1-3H3,(H,25,27)(H,26,28). The highest BCUT2D eigenvalue weighted by atomic mass is 16.5. The normalized spacial score (nSPS) is 10.3. The first-order chi connectivity index (χ1) is 13.9. The van der Waals surface area contributed by atoms with Crippen molar-refractivity contribution in [1.82, 2.24) is 0 Å². The number of aryl methyl sites for hydroxylation is 2. The van der Waals surface area contributed by atoms with E-state index < -0.39 is 0 Å². The number of benzene rings is 3. The van der Waals surface area contributed by atoms with E-state index in [4.69, 9.17) is 4.74 Å². The van der Waals surface area contributed by atoms with Crippen LogP contribution in [-0.2, 0) is 0 Å². The Morgan fingerprint density at radius 1 is 0.724 bits per heavy atom. The highest BCUT2D eigenvalue weighted by molar-refractivity contribution is 6.07. The zero-order valence-electron chi connectivity index (χ0n) is 16.8. The third kappa shape index (κ3) is 5.45. The van der Waals surface area contributed by atoms with Crippen LogP contribution < -0.4 is 15.4 Å². The van der Waals surface area contributed by atoms with E-state index >= 15 is 0 Å². The first-order valence-electron chi connectivity index (χ1n) is 9.48. The smallest absolute Gasteiger partial charge is 0.255 e. The molecule has 148 valence electrons. The number of carbonyl (C=O) groups excluding carboxylic acids is 2. The molecular formula is C24H24N2O3. The Kier molecular flexibility index (Phi) is 6.29. The van der Waals surface area contributed by atoms with Crippen molar-refractivity contribution >= 4 is 23.2 Å². The minimum atomic E-state index is -0.240. The van der Waals surface area contributed by atoms with Gasteiger partial charge in [0.2, 0.25) is 0 Å². The van der Waals surface area contributed by atoms with Gasteiger partial charge in [0.15, 0.2) is 0 Å². The third-order valence-electron chi connectivity index (χ3n) is 4.31. The Morgan fingerprint density at radius 3 is 1.69 bits per heavy atom. The number of nitrogens with one attached hydrogen (secondary N) is 2. The van der Waals surface area contributed by atoms with Crippen LogP contribution in [0.4, 0.5) is 11.4 Å². The van der Waals surface area contributed by atoms with Gasteiger partial charge in [0, 0.05) is 22.5 Å². The monoisotopic (exact) mass is 388 g/mol. The Balaban J connectivity index is 1.64. The number of carbonyl (C=O) groups is 2. The van der Waals surface area contributed by atoms with E-state index in [0.717, 1.165) is 22.6 Å². The fraction of sp³-hybridized carbons (Fsp3) is 0.167. The number of rotatable bonds is 6. The van der Waals surface area contributed by atoms with Gasteiger partial charge in [0.25, 0.3) is 11.8 Å². The number of hydrogen-bond donors (Lipinski definition) is 2. The van der Waals surface area contributed by atoms with Gasteiger partial charge in [0.05, 0.1) is 6.61 Å². The maximum atomic E-state index is 12.5. The van der Waals surface area contributed by atoms with Crippen LogP contribution in [0.2, 0.25) is 0 Å². The topological polar surface area (TPSA) is 67.4 Å². The lowest BCUT2D eigenvalue weighted by Crippen LogP contribution is -2.14. The fourth-order valence-electron chi connectivity index (χ4n) is 3.03. The van der Waals surface area contributed by atoms with Crippen molar-refractivity contribution in [3.05, 3.63) is 89.0 Å². The molecule has 2 N–H and O–H groups in total. The van der Waals surface area contributed by atoms with Crippen LogP contribution in [-0.4, -0.2) is 18.4 Å². The fourth-order valence-corrected chi connectivity index (χ4v) is 3.03. The van der Waals surface area contributed by atoms with E-state index in [2.05, 4.69) is 10.6 Å². The van der Waals surface area contributed by atoms with Crippen molar-refractivity contribution in [2.24, 2.45) is 0 Å². The van der Waals surface area contributed by atoms with Gasteiger partial charge in [-0.1, -0.05) is 6.07 Å². The molecule has 0 spiro atoms. The predicted molar refractivity (Wildman–Crippen MR) is 116 cm³/mol. The van der Waals surface area contributed by atoms with Crippen LogP contribution in [0.15, 0.2) is 66.7 Å². The molecule has 3 aromatic carbocycles. The molecule has 5 heteroatoms. The molecule has 0 aromatic heterocycles. The van der Waals surface area contributed by atoms with E-state index in [1.54, 1.807) is 48.5 Å². The first kappa shape index (κ1) is 20.1. The minimum absolute atomic E-state index is 0.214. The predicted octanol–water partition coefficient (Wildman–Crippen LogP) is 5.21. The molecule has 3 aromatic rings. The van der Waals surface area contributed by atoms with E-state index in [9.17, 15) is 9.59 Å². The summed E-state index contributed by atoms with van der Waals surface area (Å²) in [5.41, 5.74) is 4.56. The summed E-state index contributed by atoms with van der Waals surface area (Å²) in [4.78, 5) is 24.9. The molecule has 0 unspecified atom stereocenters. The van der Waals surface area contributed by atoms with Gasteiger partial charge in [-0.05, 0) is 92.6 Å². The Bertz CT molecular complexity index is 989. The Morgan fingerprint density at radius 2 is 1.21 bits per heavy atom. The summed E-state index contributed by atoms with van der Waals surface area (Å²) in [6.07, 6.45) is 0. The minimum Gasteiger partial charge on any atom is -0.494 e. The molecule has 0 atom stereocenters. The zero-order valence-corrected chi connectivity index (χ0v) is 16.8. The van der Waals surface area contributed by atoms with Crippen molar-refractivity contribution < 1.29 is 14.3 Å². The summed E-state index contributed by atoms with van der Waals surface area (Å²) in [5, 5.41) is 5.73. The summed E-state index contributed by atoms with van der Waals surface area (Å²) >= 11 is 0. The molecule has 0 aliphatic rings. The maximum absolute atomic E-state index is 12.5. The maximum Gasteiger partial charge on any atom is 0.255 e. The summed E-state index contributed by atoms with van der Waals surface area (Å²) in [6.45, 7) is 6.48. The molecule has 2 amide bonds. The third-order valence-corrected chi connectivity index (χ3v) is 4.31. The molecule has 5 nitrogen and oxygen atoms in total. The molecule has 0 saturated heterocycles. The van der Waals surface area contributed by atoms with Gasteiger partial charge in [-0.3, -0.25) is 9.59 Å². The molecule has 0 aliphatic carbocycles. The summed E-state index contributed by atoms with van der Waals surface area (Å²) in [7, 11) is 0. The Labute approximate surface area is 170 Å². The molecular weight excluding hydrogens is 364 g/mol. The molecule has 0 aliphatic heterocycles. The molecule has 0 fully saturated rings. The van der Waals surface area contributed by atoms with Gasteiger partial charge in [0.1, 0.15) is 5.75 Å². The SMILES string of the molecule is CCOc1ccc(NC(=O)c2ccc(C(=O)Nc3cc(C)cc(C)c3)cc2)cc1. The van der Waals surface area contributed by atoms with Crippen LogP contribution in [0.5, 0.6) is 5.75 Å². The van der Waals surface area contributed by atoms with Crippen molar-refractivity contribution in [2.45, 2.75) is 20.8 Å². The van der Waals surface area contributed by atoms with Gasteiger partial charge in [-0.15, -0.1) is 0 Å². The van der Waals surface area contributed by atoms with Gasteiger partial charge in [-0.25, -0.2) is 0 Å². The van der Waals surface area contributed by atoms with E-state index in [-0.39, 0.29) is 11.8 Å². The Hall–Kier alpha value is -3.60. The van der Waals surface area contributed by atoms with Gasteiger partial charge in [-0.2, -0.15) is 0 Å². The van der Waals surface area contributed by atoms with Crippen LogP contribution in [0, 0.1) is 13.8 Å². The highest BCUT2D eigenvalue weighted by Gasteiger charge is 2.10. The number of ether oxygens (including phenoxy) is 1. The van der Waals surface area contributed by atoms with Crippen LogP contribution in [0.3, 0.4) is 0 Å². The quantitative estimate of drug-likeness (QED) is 0.609. The summed E-state index contributed by atoms with van der Waals surface area (Å²) < 4.78 is 5.39.